The fraction of sp³-hybridized carbons (Fsp3) is 0.533. The summed E-state index contributed by atoms with van der Waals surface area (Å²) in [5.74, 6) is 2.78. The number of hydrogen-bond donors (Lipinski definition) is 0. The summed E-state index contributed by atoms with van der Waals surface area (Å²) in [6.07, 6.45) is 2.78. The molecule has 1 aromatic carbocycles. The maximum absolute atomic E-state index is 12.1. The van der Waals surface area contributed by atoms with Crippen LogP contribution in [0.3, 0.4) is 0 Å². The number of para-hydroxylation sites is 1. The minimum absolute atomic E-state index is 0.352. The third-order valence-electron chi connectivity index (χ3n) is 4.05. The third kappa shape index (κ3) is 2.08. The van der Waals surface area contributed by atoms with Crippen LogP contribution in [0.5, 0.6) is 5.75 Å². The molecule has 0 aromatic heterocycles. The number of benzene rings is 1. The van der Waals surface area contributed by atoms with Crippen LogP contribution in [0, 0.1) is 11.8 Å². The monoisotopic (exact) mass is 230 g/mol. The quantitative estimate of drug-likeness (QED) is 0.797. The second-order valence-corrected chi connectivity index (χ2v) is 5.36. The first-order chi connectivity index (χ1) is 8.25. The molecule has 1 aliphatic carbocycles. The van der Waals surface area contributed by atoms with E-state index in [9.17, 15) is 4.79 Å². The van der Waals surface area contributed by atoms with E-state index in [4.69, 9.17) is 4.74 Å². The first kappa shape index (κ1) is 10.8. The average Bonchev–Trinajstić information content (AvgIpc) is 3.07. The zero-order valence-corrected chi connectivity index (χ0v) is 10.2. The maximum atomic E-state index is 12.1. The SMILES string of the molecule is CC1CC1C(=O)CC1CCOc2ccccc21. The van der Waals surface area contributed by atoms with Gasteiger partial charge in [0.25, 0.3) is 0 Å². The Morgan fingerprint density at radius 3 is 2.94 bits per heavy atom. The molecule has 2 aliphatic rings. The van der Waals surface area contributed by atoms with Gasteiger partial charge in [-0.05, 0) is 36.3 Å². The molecule has 2 heteroatoms. The minimum Gasteiger partial charge on any atom is -0.493 e. The maximum Gasteiger partial charge on any atom is 0.136 e. The van der Waals surface area contributed by atoms with Crippen molar-refractivity contribution in [2.24, 2.45) is 11.8 Å². The number of Topliss-reactive ketones (excluding diaryl/α,β-unsaturated/α-hetero) is 1. The smallest absolute Gasteiger partial charge is 0.136 e. The van der Waals surface area contributed by atoms with Gasteiger partial charge in [0.15, 0.2) is 0 Å². The molecule has 0 saturated heterocycles. The molecule has 1 aliphatic heterocycles. The molecule has 3 unspecified atom stereocenters. The van der Waals surface area contributed by atoms with E-state index in [0.29, 0.717) is 30.0 Å². The third-order valence-corrected chi connectivity index (χ3v) is 4.05. The predicted octanol–water partition coefficient (Wildman–Crippen LogP) is 3.17. The van der Waals surface area contributed by atoms with Crippen LogP contribution in [0.1, 0.15) is 37.7 Å². The van der Waals surface area contributed by atoms with Crippen molar-refractivity contribution in [3.05, 3.63) is 29.8 Å². The summed E-state index contributed by atoms with van der Waals surface area (Å²) in [5.41, 5.74) is 1.22. The summed E-state index contributed by atoms with van der Waals surface area (Å²) in [6.45, 7) is 2.91. The lowest BCUT2D eigenvalue weighted by Crippen LogP contribution is -2.17. The molecule has 1 aromatic rings. The summed E-state index contributed by atoms with van der Waals surface area (Å²) < 4.78 is 5.62. The molecule has 0 spiro atoms. The Labute approximate surface area is 102 Å². The van der Waals surface area contributed by atoms with Gasteiger partial charge >= 0.3 is 0 Å². The highest BCUT2D eigenvalue weighted by Gasteiger charge is 2.39. The van der Waals surface area contributed by atoms with Gasteiger partial charge in [0, 0.05) is 12.3 Å². The van der Waals surface area contributed by atoms with Crippen molar-refractivity contribution in [1.29, 1.82) is 0 Å². The van der Waals surface area contributed by atoms with Crippen LogP contribution in [0.25, 0.3) is 0 Å². The Morgan fingerprint density at radius 2 is 2.18 bits per heavy atom. The molecule has 0 N–H and O–H groups in total. The van der Waals surface area contributed by atoms with E-state index >= 15 is 0 Å². The van der Waals surface area contributed by atoms with Crippen LogP contribution in [0.2, 0.25) is 0 Å². The van der Waals surface area contributed by atoms with Crippen molar-refractivity contribution in [2.75, 3.05) is 6.61 Å². The molecule has 1 heterocycles. The molecule has 0 radical (unpaired) electrons. The molecule has 3 rings (SSSR count). The Hall–Kier alpha value is -1.31. The van der Waals surface area contributed by atoms with Gasteiger partial charge < -0.3 is 4.74 Å². The van der Waals surface area contributed by atoms with Crippen molar-refractivity contribution in [1.82, 2.24) is 0 Å². The fourth-order valence-electron chi connectivity index (χ4n) is 2.79. The molecule has 1 fully saturated rings. The largest absolute Gasteiger partial charge is 0.493 e. The summed E-state index contributed by atoms with van der Waals surface area (Å²) in [7, 11) is 0. The van der Waals surface area contributed by atoms with Gasteiger partial charge in [0.1, 0.15) is 11.5 Å². The van der Waals surface area contributed by atoms with Crippen molar-refractivity contribution >= 4 is 5.78 Å². The van der Waals surface area contributed by atoms with E-state index in [1.807, 2.05) is 18.2 Å². The summed E-state index contributed by atoms with van der Waals surface area (Å²) in [5, 5.41) is 0. The van der Waals surface area contributed by atoms with Gasteiger partial charge in [0.05, 0.1) is 6.61 Å². The van der Waals surface area contributed by atoms with Gasteiger partial charge in [0.2, 0.25) is 0 Å². The molecule has 3 atom stereocenters. The summed E-state index contributed by atoms with van der Waals surface area (Å²) in [6, 6.07) is 8.13. The first-order valence-electron chi connectivity index (χ1n) is 6.50. The summed E-state index contributed by atoms with van der Waals surface area (Å²) >= 11 is 0. The zero-order chi connectivity index (χ0) is 11.8. The van der Waals surface area contributed by atoms with Gasteiger partial charge in [-0.3, -0.25) is 4.79 Å². The molecular weight excluding hydrogens is 212 g/mol. The van der Waals surface area contributed by atoms with E-state index < -0.39 is 0 Å². The van der Waals surface area contributed by atoms with E-state index in [0.717, 1.165) is 25.2 Å². The number of hydrogen-bond acceptors (Lipinski definition) is 2. The Morgan fingerprint density at radius 1 is 1.41 bits per heavy atom. The van der Waals surface area contributed by atoms with Crippen LogP contribution < -0.4 is 4.74 Å². The molecule has 17 heavy (non-hydrogen) atoms. The Balaban J connectivity index is 1.74. The normalized spacial score (nSPS) is 30.3. The lowest BCUT2D eigenvalue weighted by Gasteiger charge is -2.25. The number of ketones is 1. The van der Waals surface area contributed by atoms with Gasteiger partial charge in [-0.1, -0.05) is 25.1 Å². The number of ether oxygens (including phenoxy) is 1. The van der Waals surface area contributed by atoms with Crippen molar-refractivity contribution < 1.29 is 9.53 Å². The van der Waals surface area contributed by atoms with E-state index in [2.05, 4.69) is 13.0 Å². The predicted molar refractivity (Wildman–Crippen MR) is 66.2 cm³/mol. The second kappa shape index (κ2) is 4.17. The average molecular weight is 230 g/mol. The lowest BCUT2D eigenvalue weighted by atomic mass is 9.87. The topological polar surface area (TPSA) is 26.3 Å². The van der Waals surface area contributed by atoms with Gasteiger partial charge in [-0.25, -0.2) is 0 Å². The molecular formula is C15H18O2. The number of carbonyl (C=O) groups is 1. The van der Waals surface area contributed by atoms with E-state index in [-0.39, 0.29) is 0 Å². The fourth-order valence-corrected chi connectivity index (χ4v) is 2.79. The minimum atomic E-state index is 0.352. The highest BCUT2D eigenvalue weighted by atomic mass is 16.5. The lowest BCUT2D eigenvalue weighted by molar-refractivity contribution is -0.121. The number of fused-ring (bicyclic) bond motifs is 1. The second-order valence-electron chi connectivity index (χ2n) is 5.36. The Bertz CT molecular complexity index is 438. The molecule has 90 valence electrons. The van der Waals surface area contributed by atoms with Crippen molar-refractivity contribution in [3.8, 4) is 5.75 Å². The van der Waals surface area contributed by atoms with Crippen LogP contribution in [0.15, 0.2) is 24.3 Å². The van der Waals surface area contributed by atoms with Crippen molar-refractivity contribution in [3.63, 3.8) is 0 Å². The number of carbonyl (C=O) groups excluding carboxylic acids is 1. The Kier molecular flexibility index (Phi) is 2.65. The van der Waals surface area contributed by atoms with Crippen LogP contribution in [-0.4, -0.2) is 12.4 Å². The van der Waals surface area contributed by atoms with E-state index in [1.165, 1.54) is 5.56 Å². The zero-order valence-electron chi connectivity index (χ0n) is 10.2. The molecule has 2 nitrogen and oxygen atoms in total. The van der Waals surface area contributed by atoms with E-state index in [1.54, 1.807) is 0 Å². The van der Waals surface area contributed by atoms with Crippen LogP contribution >= 0.6 is 0 Å². The van der Waals surface area contributed by atoms with Gasteiger partial charge in [-0.2, -0.15) is 0 Å². The van der Waals surface area contributed by atoms with Gasteiger partial charge in [-0.15, -0.1) is 0 Å². The van der Waals surface area contributed by atoms with Crippen LogP contribution in [-0.2, 0) is 4.79 Å². The molecule has 1 saturated carbocycles. The number of rotatable bonds is 3. The first-order valence-corrected chi connectivity index (χ1v) is 6.50. The van der Waals surface area contributed by atoms with Crippen LogP contribution in [0.4, 0.5) is 0 Å². The highest BCUT2D eigenvalue weighted by Crippen LogP contribution is 2.42. The standard InChI is InChI=1S/C15H18O2/c1-10-8-13(10)14(16)9-11-6-7-17-15-5-3-2-4-12(11)15/h2-5,10-11,13H,6-9H2,1H3. The molecule has 0 bridgehead atoms. The summed E-state index contributed by atoms with van der Waals surface area (Å²) in [4.78, 5) is 12.1. The highest BCUT2D eigenvalue weighted by molar-refractivity contribution is 5.84. The van der Waals surface area contributed by atoms with Crippen molar-refractivity contribution in [2.45, 2.75) is 32.1 Å². The molecule has 0 amide bonds.